The highest BCUT2D eigenvalue weighted by atomic mass is 16.5. The van der Waals surface area contributed by atoms with Crippen LogP contribution in [0.3, 0.4) is 0 Å². The molecule has 1 fully saturated rings. The van der Waals surface area contributed by atoms with Gasteiger partial charge < -0.3 is 15.2 Å². The van der Waals surface area contributed by atoms with Crippen LogP contribution in [0.4, 0.5) is 0 Å². The van der Waals surface area contributed by atoms with Crippen molar-refractivity contribution in [3.8, 4) is 11.5 Å². The number of ether oxygens (including phenoxy) is 1. The first-order valence-corrected chi connectivity index (χ1v) is 7.97. The van der Waals surface area contributed by atoms with Gasteiger partial charge in [-0.15, -0.1) is 0 Å². The average molecular weight is 292 g/mol. The van der Waals surface area contributed by atoms with Crippen LogP contribution < -0.4 is 10.1 Å². The van der Waals surface area contributed by atoms with Gasteiger partial charge in [0, 0.05) is 12.6 Å². The first-order valence-electron chi connectivity index (χ1n) is 7.97. The molecule has 0 aromatic heterocycles. The Morgan fingerprint density at radius 2 is 2.10 bits per heavy atom. The Labute approximate surface area is 128 Å². The lowest BCUT2D eigenvalue weighted by Gasteiger charge is -2.33. The number of hydrogen-bond donors (Lipinski definition) is 2. The number of nitrogens with zero attached hydrogens (tertiary/aromatic N) is 1. The van der Waals surface area contributed by atoms with E-state index < -0.39 is 0 Å². The summed E-state index contributed by atoms with van der Waals surface area (Å²) >= 11 is 0. The maximum absolute atomic E-state index is 9.73. The Kier molecular flexibility index (Phi) is 5.88. The van der Waals surface area contributed by atoms with E-state index >= 15 is 0 Å². The molecule has 1 aliphatic rings. The second-order valence-corrected chi connectivity index (χ2v) is 5.89. The summed E-state index contributed by atoms with van der Waals surface area (Å²) in [6.07, 6.45) is 2.53. The molecule has 4 heteroatoms. The maximum Gasteiger partial charge on any atom is 0.160 e. The summed E-state index contributed by atoms with van der Waals surface area (Å²) in [5.74, 6) is 1.54. The predicted molar refractivity (Wildman–Crippen MR) is 85.9 cm³/mol. The first kappa shape index (κ1) is 16.1. The molecule has 2 rings (SSSR count). The number of hydrogen-bond acceptors (Lipinski definition) is 4. The number of methoxy groups -OCH3 is 1. The second-order valence-electron chi connectivity index (χ2n) is 5.89. The lowest BCUT2D eigenvalue weighted by atomic mass is 9.96. The van der Waals surface area contributed by atoms with Crippen LogP contribution in [0.1, 0.15) is 38.3 Å². The third kappa shape index (κ3) is 4.11. The van der Waals surface area contributed by atoms with Crippen molar-refractivity contribution in [1.29, 1.82) is 0 Å². The standard InChI is InChI=1S/C17H28N2O2/c1-4-19(12-14-7-9-18-10-8-14)13(2)15-5-6-16(20)17(11-15)21-3/h5-6,11,13-14,18,20H,4,7-10,12H2,1-3H3. The smallest absolute Gasteiger partial charge is 0.160 e. The van der Waals surface area contributed by atoms with Crippen LogP contribution >= 0.6 is 0 Å². The molecule has 2 N–H and O–H groups in total. The number of nitrogens with one attached hydrogen (secondary N) is 1. The molecule has 1 atom stereocenters. The minimum atomic E-state index is 0.204. The van der Waals surface area contributed by atoms with Crippen molar-refractivity contribution in [2.24, 2.45) is 5.92 Å². The molecular weight excluding hydrogens is 264 g/mol. The van der Waals surface area contributed by atoms with Crippen molar-refractivity contribution < 1.29 is 9.84 Å². The number of rotatable bonds is 6. The van der Waals surface area contributed by atoms with Crippen LogP contribution in [0.5, 0.6) is 11.5 Å². The van der Waals surface area contributed by atoms with Gasteiger partial charge in [-0.2, -0.15) is 0 Å². The predicted octanol–water partition coefficient (Wildman–Crippen LogP) is 2.78. The van der Waals surface area contributed by atoms with Gasteiger partial charge in [-0.25, -0.2) is 0 Å². The van der Waals surface area contributed by atoms with Crippen molar-refractivity contribution in [3.05, 3.63) is 23.8 Å². The van der Waals surface area contributed by atoms with Crippen molar-refractivity contribution >= 4 is 0 Å². The van der Waals surface area contributed by atoms with Crippen LogP contribution in [0.15, 0.2) is 18.2 Å². The van der Waals surface area contributed by atoms with Crippen LogP contribution in [0.2, 0.25) is 0 Å². The molecule has 1 aliphatic heterocycles. The Morgan fingerprint density at radius 1 is 1.38 bits per heavy atom. The zero-order chi connectivity index (χ0) is 15.2. The highest BCUT2D eigenvalue weighted by Crippen LogP contribution is 2.31. The molecule has 1 heterocycles. The van der Waals surface area contributed by atoms with Gasteiger partial charge >= 0.3 is 0 Å². The van der Waals surface area contributed by atoms with Crippen LogP contribution in [-0.2, 0) is 0 Å². The monoisotopic (exact) mass is 292 g/mol. The molecule has 1 unspecified atom stereocenters. The fourth-order valence-corrected chi connectivity index (χ4v) is 3.12. The Hall–Kier alpha value is -1.26. The van der Waals surface area contributed by atoms with E-state index in [0.29, 0.717) is 11.8 Å². The Morgan fingerprint density at radius 3 is 2.71 bits per heavy atom. The van der Waals surface area contributed by atoms with E-state index in [-0.39, 0.29) is 5.75 Å². The van der Waals surface area contributed by atoms with E-state index in [1.54, 1.807) is 13.2 Å². The summed E-state index contributed by atoms with van der Waals surface area (Å²) in [6.45, 7) is 8.91. The van der Waals surface area contributed by atoms with E-state index in [1.807, 2.05) is 12.1 Å². The molecule has 0 saturated carbocycles. The van der Waals surface area contributed by atoms with Gasteiger partial charge in [-0.1, -0.05) is 13.0 Å². The lowest BCUT2D eigenvalue weighted by molar-refractivity contribution is 0.168. The molecule has 0 aliphatic carbocycles. The summed E-state index contributed by atoms with van der Waals surface area (Å²) in [5.41, 5.74) is 1.19. The van der Waals surface area contributed by atoms with Gasteiger partial charge in [-0.05, 0) is 63.0 Å². The topological polar surface area (TPSA) is 44.7 Å². The summed E-state index contributed by atoms with van der Waals surface area (Å²) < 4.78 is 5.22. The molecular formula is C17H28N2O2. The third-order valence-electron chi connectivity index (χ3n) is 4.59. The van der Waals surface area contributed by atoms with Crippen LogP contribution in [0, 0.1) is 5.92 Å². The molecule has 0 bridgehead atoms. The van der Waals surface area contributed by atoms with Gasteiger partial charge in [0.05, 0.1) is 7.11 Å². The largest absolute Gasteiger partial charge is 0.504 e. The van der Waals surface area contributed by atoms with Gasteiger partial charge in [0.2, 0.25) is 0 Å². The molecule has 21 heavy (non-hydrogen) atoms. The van der Waals surface area contributed by atoms with Crippen LogP contribution in [-0.4, -0.2) is 43.3 Å². The second kappa shape index (κ2) is 7.66. The molecule has 4 nitrogen and oxygen atoms in total. The van der Waals surface area contributed by atoms with Crippen LogP contribution in [0.25, 0.3) is 0 Å². The number of phenolic OH excluding ortho intramolecular Hbond substituents is 1. The maximum atomic E-state index is 9.73. The number of aromatic hydroxyl groups is 1. The van der Waals surface area contributed by atoms with E-state index in [2.05, 4.69) is 24.1 Å². The minimum absolute atomic E-state index is 0.204. The van der Waals surface area contributed by atoms with E-state index in [9.17, 15) is 5.11 Å². The summed E-state index contributed by atoms with van der Waals surface area (Å²) in [5, 5.41) is 13.2. The first-order chi connectivity index (χ1) is 10.2. The molecule has 1 saturated heterocycles. The highest BCUT2D eigenvalue weighted by Gasteiger charge is 2.21. The van der Waals surface area contributed by atoms with E-state index in [1.165, 1.54) is 18.4 Å². The molecule has 0 radical (unpaired) electrons. The third-order valence-corrected chi connectivity index (χ3v) is 4.59. The zero-order valence-electron chi connectivity index (χ0n) is 13.4. The van der Waals surface area contributed by atoms with Crippen molar-refractivity contribution in [2.75, 3.05) is 33.3 Å². The number of piperidine rings is 1. The van der Waals surface area contributed by atoms with Gasteiger partial charge in [-0.3, -0.25) is 4.90 Å². The quantitative estimate of drug-likeness (QED) is 0.846. The molecule has 1 aromatic rings. The molecule has 0 amide bonds. The normalized spacial score (nSPS) is 17.9. The zero-order valence-corrected chi connectivity index (χ0v) is 13.4. The Bertz CT molecular complexity index is 444. The van der Waals surface area contributed by atoms with Crippen molar-refractivity contribution in [1.82, 2.24) is 10.2 Å². The lowest BCUT2D eigenvalue weighted by Crippen LogP contribution is -2.37. The number of phenols is 1. The van der Waals surface area contributed by atoms with E-state index in [0.717, 1.165) is 32.1 Å². The SMILES string of the molecule is CCN(CC1CCNCC1)C(C)c1ccc(O)c(OC)c1. The summed E-state index contributed by atoms with van der Waals surface area (Å²) in [6, 6.07) is 6.00. The average Bonchev–Trinajstić information content (AvgIpc) is 2.53. The highest BCUT2D eigenvalue weighted by molar-refractivity contribution is 5.42. The summed E-state index contributed by atoms with van der Waals surface area (Å²) in [4.78, 5) is 2.52. The fraction of sp³-hybridized carbons (Fsp3) is 0.647. The minimum Gasteiger partial charge on any atom is -0.504 e. The van der Waals surface area contributed by atoms with Crippen molar-refractivity contribution in [2.45, 2.75) is 32.7 Å². The van der Waals surface area contributed by atoms with Crippen molar-refractivity contribution in [3.63, 3.8) is 0 Å². The number of benzene rings is 1. The molecule has 1 aromatic carbocycles. The molecule has 0 spiro atoms. The van der Waals surface area contributed by atoms with Gasteiger partial charge in [0.25, 0.3) is 0 Å². The summed E-state index contributed by atoms with van der Waals surface area (Å²) in [7, 11) is 1.59. The fourth-order valence-electron chi connectivity index (χ4n) is 3.12. The Balaban J connectivity index is 2.06. The molecule has 118 valence electrons. The van der Waals surface area contributed by atoms with E-state index in [4.69, 9.17) is 4.74 Å². The van der Waals surface area contributed by atoms with Gasteiger partial charge in [0.1, 0.15) is 0 Å². The van der Waals surface area contributed by atoms with Gasteiger partial charge in [0.15, 0.2) is 11.5 Å².